The molecule has 0 bridgehead atoms. The molecule has 0 unspecified atom stereocenters. The topological polar surface area (TPSA) is 60.5 Å². The summed E-state index contributed by atoms with van der Waals surface area (Å²) in [5.74, 6) is 0.433. The molecule has 0 radical (unpaired) electrons. The number of carbonyl (C=O) groups excluding carboxylic acids is 1. The SMILES string of the molecule is COCCOc1ccc(NC(=O)c2ccncc2Cl)cc1. The van der Waals surface area contributed by atoms with E-state index < -0.39 is 0 Å². The Morgan fingerprint density at radius 1 is 1.24 bits per heavy atom. The number of nitrogens with zero attached hydrogens (tertiary/aromatic N) is 1. The molecule has 2 aromatic rings. The first-order valence-electron chi connectivity index (χ1n) is 6.33. The molecule has 1 N–H and O–H groups in total. The first kappa shape index (κ1) is 15.3. The van der Waals surface area contributed by atoms with Crippen LogP contribution in [0.25, 0.3) is 0 Å². The summed E-state index contributed by atoms with van der Waals surface area (Å²) in [5.41, 5.74) is 1.04. The van der Waals surface area contributed by atoms with Crippen molar-refractivity contribution in [3.05, 3.63) is 53.3 Å². The molecule has 1 amide bonds. The number of carbonyl (C=O) groups is 1. The van der Waals surface area contributed by atoms with E-state index in [1.165, 1.54) is 12.4 Å². The Bertz CT molecular complexity index is 602. The van der Waals surface area contributed by atoms with Gasteiger partial charge < -0.3 is 14.8 Å². The standard InChI is InChI=1S/C15H15ClN2O3/c1-20-8-9-21-12-4-2-11(3-5-12)18-15(19)13-6-7-17-10-14(13)16/h2-7,10H,8-9H2,1H3,(H,18,19). The normalized spacial score (nSPS) is 10.2. The molecule has 0 atom stereocenters. The van der Waals surface area contributed by atoms with Crippen molar-refractivity contribution < 1.29 is 14.3 Å². The minimum atomic E-state index is -0.282. The van der Waals surface area contributed by atoms with Crippen molar-refractivity contribution in [1.29, 1.82) is 0 Å². The van der Waals surface area contributed by atoms with Gasteiger partial charge in [0, 0.05) is 25.2 Å². The number of methoxy groups -OCH3 is 1. The van der Waals surface area contributed by atoms with E-state index in [0.29, 0.717) is 35.2 Å². The number of hydrogen-bond donors (Lipinski definition) is 1. The summed E-state index contributed by atoms with van der Waals surface area (Å²) >= 11 is 5.93. The summed E-state index contributed by atoms with van der Waals surface area (Å²) in [6.07, 6.45) is 2.96. The second-order valence-corrected chi connectivity index (χ2v) is 4.58. The summed E-state index contributed by atoms with van der Waals surface area (Å²) < 4.78 is 10.3. The fourth-order valence-corrected chi connectivity index (χ4v) is 1.84. The van der Waals surface area contributed by atoms with E-state index in [2.05, 4.69) is 10.3 Å². The molecular weight excluding hydrogens is 292 g/mol. The molecule has 0 fully saturated rings. The molecule has 1 aromatic carbocycles. The Hall–Kier alpha value is -2.11. The number of hydrogen-bond acceptors (Lipinski definition) is 4. The van der Waals surface area contributed by atoms with Gasteiger partial charge in [-0.2, -0.15) is 0 Å². The third-order valence-electron chi connectivity index (χ3n) is 2.69. The number of rotatable bonds is 6. The van der Waals surface area contributed by atoms with Crippen molar-refractivity contribution in [3.63, 3.8) is 0 Å². The highest BCUT2D eigenvalue weighted by atomic mass is 35.5. The van der Waals surface area contributed by atoms with Crippen molar-refractivity contribution in [1.82, 2.24) is 4.98 Å². The van der Waals surface area contributed by atoms with Gasteiger partial charge in [0.05, 0.1) is 17.2 Å². The number of anilines is 1. The van der Waals surface area contributed by atoms with E-state index in [1.54, 1.807) is 37.4 Å². The van der Waals surface area contributed by atoms with Crippen LogP contribution < -0.4 is 10.1 Å². The van der Waals surface area contributed by atoms with Gasteiger partial charge in [-0.05, 0) is 30.3 Å². The van der Waals surface area contributed by atoms with Crippen LogP contribution in [-0.4, -0.2) is 31.2 Å². The van der Waals surface area contributed by atoms with E-state index >= 15 is 0 Å². The van der Waals surface area contributed by atoms with Crippen molar-refractivity contribution in [2.75, 3.05) is 25.6 Å². The van der Waals surface area contributed by atoms with Gasteiger partial charge in [-0.3, -0.25) is 9.78 Å². The summed E-state index contributed by atoms with van der Waals surface area (Å²) in [6.45, 7) is 1.01. The largest absolute Gasteiger partial charge is 0.491 e. The summed E-state index contributed by atoms with van der Waals surface area (Å²) in [4.78, 5) is 15.9. The Kier molecular flexibility index (Phi) is 5.54. The van der Waals surface area contributed by atoms with Crippen LogP contribution in [0.5, 0.6) is 5.75 Å². The Morgan fingerprint density at radius 2 is 2.00 bits per heavy atom. The van der Waals surface area contributed by atoms with Crippen molar-refractivity contribution >= 4 is 23.2 Å². The molecule has 0 aliphatic heterocycles. The van der Waals surface area contributed by atoms with Gasteiger partial charge in [0.1, 0.15) is 12.4 Å². The highest BCUT2D eigenvalue weighted by molar-refractivity contribution is 6.34. The molecule has 1 heterocycles. The average Bonchev–Trinajstić information content (AvgIpc) is 2.49. The Balaban J connectivity index is 1.97. The number of pyridine rings is 1. The van der Waals surface area contributed by atoms with Crippen molar-refractivity contribution in [3.8, 4) is 5.75 Å². The van der Waals surface area contributed by atoms with Gasteiger partial charge in [0.25, 0.3) is 5.91 Å². The lowest BCUT2D eigenvalue weighted by atomic mass is 10.2. The zero-order valence-electron chi connectivity index (χ0n) is 11.5. The van der Waals surface area contributed by atoms with Crippen LogP contribution >= 0.6 is 11.6 Å². The second-order valence-electron chi connectivity index (χ2n) is 4.18. The third-order valence-corrected chi connectivity index (χ3v) is 2.99. The zero-order chi connectivity index (χ0) is 15.1. The van der Waals surface area contributed by atoms with E-state index in [1.807, 2.05) is 0 Å². The average molecular weight is 307 g/mol. The lowest BCUT2D eigenvalue weighted by Crippen LogP contribution is -2.12. The van der Waals surface area contributed by atoms with Crippen LogP contribution in [0.4, 0.5) is 5.69 Å². The maximum absolute atomic E-state index is 12.1. The molecule has 0 aliphatic rings. The van der Waals surface area contributed by atoms with Gasteiger partial charge in [-0.1, -0.05) is 11.6 Å². The lowest BCUT2D eigenvalue weighted by Gasteiger charge is -2.08. The van der Waals surface area contributed by atoms with E-state index in [0.717, 1.165) is 0 Å². The van der Waals surface area contributed by atoms with Crippen LogP contribution in [0.2, 0.25) is 5.02 Å². The highest BCUT2D eigenvalue weighted by Crippen LogP contribution is 2.18. The number of aromatic nitrogens is 1. The number of amides is 1. The summed E-state index contributed by atoms with van der Waals surface area (Å²) in [7, 11) is 1.62. The first-order valence-corrected chi connectivity index (χ1v) is 6.71. The maximum Gasteiger partial charge on any atom is 0.257 e. The number of ether oxygens (including phenoxy) is 2. The van der Waals surface area contributed by atoms with E-state index in [-0.39, 0.29) is 5.91 Å². The van der Waals surface area contributed by atoms with Crippen LogP contribution in [0.1, 0.15) is 10.4 Å². The minimum Gasteiger partial charge on any atom is -0.491 e. The predicted molar refractivity (Wildman–Crippen MR) is 81.0 cm³/mol. The fraction of sp³-hybridized carbons (Fsp3) is 0.200. The van der Waals surface area contributed by atoms with E-state index in [9.17, 15) is 4.79 Å². The van der Waals surface area contributed by atoms with Gasteiger partial charge in [0.15, 0.2) is 0 Å². The molecule has 21 heavy (non-hydrogen) atoms. The molecular formula is C15H15ClN2O3. The lowest BCUT2D eigenvalue weighted by molar-refractivity contribution is 0.102. The molecule has 1 aromatic heterocycles. The van der Waals surface area contributed by atoms with Gasteiger partial charge in [-0.25, -0.2) is 0 Å². The van der Waals surface area contributed by atoms with Crippen molar-refractivity contribution in [2.24, 2.45) is 0 Å². The molecule has 0 aliphatic carbocycles. The highest BCUT2D eigenvalue weighted by Gasteiger charge is 2.10. The number of benzene rings is 1. The monoisotopic (exact) mass is 306 g/mol. The molecule has 6 heteroatoms. The summed E-state index contributed by atoms with van der Waals surface area (Å²) in [6, 6.07) is 8.64. The molecule has 0 spiro atoms. The molecule has 2 rings (SSSR count). The van der Waals surface area contributed by atoms with Crippen LogP contribution in [0.3, 0.4) is 0 Å². The van der Waals surface area contributed by atoms with Crippen LogP contribution in [0, 0.1) is 0 Å². The maximum atomic E-state index is 12.1. The predicted octanol–water partition coefficient (Wildman–Crippen LogP) is 3.01. The van der Waals surface area contributed by atoms with Crippen molar-refractivity contribution in [2.45, 2.75) is 0 Å². The smallest absolute Gasteiger partial charge is 0.257 e. The van der Waals surface area contributed by atoms with Gasteiger partial charge in [0.2, 0.25) is 0 Å². The molecule has 5 nitrogen and oxygen atoms in total. The molecule has 0 saturated carbocycles. The summed E-state index contributed by atoms with van der Waals surface area (Å²) in [5, 5.41) is 3.08. The Morgan fingerprint density at radius 3 is 2.67 bits per heavy atom. The third kappa shape index (κ3) is 4.44. The molecule has 110 valence electrons. The number of nitrogens with one attached hydrogen (secondary N) is 1. The van der Waals surface area contributed by atoms with Gasteiger partial charge >= 0.3 is 0 Å². The Labute approximate surface area is 127 Å². The second kappa shape index (κ2) is 7.61. The molecule has 0 saturated heterocycles. The minimum absolute atomic E-state index is 0.282. The number of halogens is 1. The first-order chi connectivity index (χ1) is 10.2. The van der Waals surface area contributed by atoms with E-state index in [4.69, 9.17) is 21.1 Å². The van der Waals surface area contributed by atoms with Crippen LogP contribution in [-0.2, 0) is 4.74 Å². The quantitative estimate of drug-likeness (QED) is 0.833. The fourth-order valence-electron chi connectivity index (χ4n) is 1.64. The van der Waals surface area contributed by atoms with Gasteiger partial charge in [-0.15, -0.1) is 0 Å². The zero-order valence-corrected chi connectivity index (χ0v) is 12.3. The van der Waals surface area contributed by atoms with Crippen LogP contribution in [0.15, 0.2) is 42.7 Å².